The van der Waals surface area contributed by atoms with Crippen LogP contribution in [-0.4, -0.2) is 4.98 Å². The molecule has 1 aromatic rings. The summed E-state index contributed by atoms with van der Waals surface area (Å²) in [6, 6.07) is 2.77. The Morgan fingerprint density at radius 1 is 1.58 bits per heavy atom. The fourth-order valence-electron chi connectivity index (χ4n) is 0.746. The van der Waals surface area contributed by atoms with E-state index < -0.39 is 12.0 Å². The topological polar surface area (TPSA) is 36.7 Å². The van der Waals surface area contributed by atoms with Crippen LogP contribution in [0, 0.1) is 11.3 Å². The summed E-state index contributed by atoms with van der Waals surface area (Å²) in [5.74, 6) is 0. The molecule has 0 fully saturated rings. The number of hydrogen-bond acceptors (Lipinski definition) is 2. The largest absolute Gasteiger partial charge is 0.268 e. The van der Waals surface area contributed by atoms with Crippen LogP contribution in [0.4, 0.5) is 8.78 Å². The zero-order valence-electron chi connectivity index (χ0n) is 5.76. The van der Waals surface area contributed by atoms with Gasteiger partial charge in [-0.2, -0.15) is 5.26 Å². The second kappa shape index (κ2) is 3.46. The van der Waals surface area contributed by atoms with Gasteiger partial charge in [0.1, 0.15) is 6.07 Å². The van der Waals surface area contributed by atoms with Gasteiger partial charge in [0.15, 0.2) is 5.69 Å². The van der Waals surface area contributed by atoms with E-state index in [-0.39, 0.29) is 10.7 Å². The molecule has 0 aromatic carbocycles. The predicted octanol–water partition coefficient (Wildman–Crippen LogP) is 2.54. The quantitative estimate of drug-likeness (QED) is 0.679. The van der Waals surface area contributed by atoms with E-state index in [1.807, 2.05) is 0 Å². The Balaban J connectivity index is 3.32. The Bertz CT molecular complexity index is 333. The third-order valence-corrected chi connectivity index (χ3v) is 1.59. The number of halogens is 3. The molecule has 0 N–H and O–H groups in total. The van der Waals surface area contributed by atoms with Crippen molar-refractivity contribution in [1.82, 2.24) is 4.98 Å². The van der Waals surface area contributed by atoms with E-state index in [0.717, 1.165) is 0 Å². The smallest absolute Gasteiger partial charge is 0.245 e. The molecule has 0 bridgehead atoms. The van der Waals surface area contributed by atoms with E-state index in [9.17, 15) is 8.78 Å². The maximum Gasteiger partial charge on any atom is 0.268 e. The van der Waals surface area contributed by atoms with Gasteiger partial charge < -0.3 is 0 Å². The first-order valence-electron chi connectivity index (χ1n) is 2.99. The molecule has 0 amide bonds. The summed E-state index contributed by atoms with van der Waals surface area (Å²) in [6.45, 7) is 0. The molecule has 1 heterocycles. The zero-order valence-corrected chi connectivity index (χ0v) is 6.52. The van der Waals surface area contributed by atoms with Gasteiger partial charge in [0, 0.05) is 6.20 Å². The van der Waals surface area contributed by atoms with Gasteiger partial charge in [0.2, 0.25) is 0 Å². The minimum Gasteiger partial charge on any atom is -0.245 e. The van der Waals surface area contributed by atoms with Crippen LogP contribution < -0.4 is 0 Å². The number of aromatic nitrogens is 1. The van der Waals surface area contributed by atoms with Gasteiger partial charge in [-0.25, -0.2) is 13.8 Å². The lowest BCUT2D eigenvalue weighted by molar-refractivity contribution is 0.150. The second-order valence-electron chi connectivity index (χ2n) is 1.97. The Labute approximate surface area is 72.4 Å². The molecule has 0 aliphatic heterocycles. The molecule has 62 valence electrons. The predicted molar refractivity (Wildman–Crippen MR) is 38.9 cm³/mol. The van der Waals surface area contributed by atoms with Crippen molar-refractivity contribution in [3.8, 4) is 6.07 Å². The Hall–Kier alpha value is -1.21. The summed E-state index contributed by atoms with van der Waals surface area (Å²) < 4.78 is 24.4. The van der Waals surface area contributed by atoms with Gasteiger partial charge in [-0.05, 0) is 6.07 Å². The fraction of sp³-hybridized carbons (Fsp3) is 0.143. The number of nitriles is 1. The maximum atomic E-state index is 12.2. The van der Waals surface area contributed by atoms with Crippen molar-refractivity contribution < 1.29 is 8.78 Å². The van der Waals surface area contributed by atoms with Gasteiger partial charge in [0.05, 0.1) is 10.6 Å². The average Bonchev–Trinajstić information content (AvgIpc) is 2.03. The number of rotatable bonds is 1. The van der Waals surface area contributed by atoms with Crippen LogP contribution in [0.3, 0.4) is 0 Å². The third kappa shape index (κ3) is 1.51. The molecule has 12 heavy (non-hydrogen) atoms. The monoisotopic (exact) mass is 188 g/mol. The standard InChI is InChI=1S/C7H3ClF2N2/c8-4-1-2-12-5(3-11)6(4)7(9)10/h1-2,7H. The number of nitrogens with zero attached hydrogens (tertiary/aromatic N) is 2. The summed E-state index contributed by atoms with van der Waals surface area (Å²) in [6.07, 6.45) is -1.55. The molecule has 0 atom stereocenters. The molecule has 0 saturated heterocycles. The molecule has 0 spiro atoms. The number of alkyl halides is 2. The maximum absolute atomic E-state index is 12.2. The van der Waals surface area contributed by atoms with Crippen LogP contribution in [0.25, 0.3) is 0 Å². The molecule has 0 radical (unpaired) electrons. The van der Waals surface area contributed by atoms with Crippen molar-refractivity contribution in [1.29, 1.82) is 5.26 Å². The van der Waals surface area contributed by atoms with E-state index in [4.69, 9.17) is 16.9 Å². The third-order valence-electron chi connectivity index (χ3n) is 1.26. The molecule has 1 rings (SSSR count). The first kappa shape index (κ1) is 8.88. The summed E-state index contributed by atoms with van der Waals surface area (Å²) in [5, 5.41) is 8.26. The first-order valence-corrected chi connectivity index (χ1v) is 3.37. The van der Waals surface area contributed by atoms with Crippen LogP contribution in [0.1, 0.15) is 17.7 Å². The SMILES string of the molecule is N#Cc1nccc(Cl)c1C(F)F. The van der Waals surface area contributed by atoms with Crippen molar-refractivity contribution in [2.24, 2.45) is 0 Å². The normalized spacial score (nSPS) is 9.92. The fourth-order valence-corrected chi connectivity index (χ4v) is 0.975. The molecule has 2 nitrogen and oxygen atoms in total. The van der Waals surface area contributed by atoms with Crippen LogP contribution in [0.15, 0.2) is 12.3 Å². The Morgan fingerprint density at radius 2 is 2.25 bits per heavy atom. The van der Waals surface area contributed by atoms with Crippen LogP contribution in [-0.2, 0) is 0 Å². The van der Waals surface area contributed by atoms with Gasteiger partial charge in [-0.15, -0.1) is 0 Å². The van der Waals surface area contributed by atoms with E-state index in [1.54, 1.807) is 6.07 Å². The second-order valence-corrected chi connectivity index (χ2v) is 2.37. The van der Waals surface area contributed by atoms with E-state index in [0.29, 0.717) is 0 Å². The van der Waals surface area contributed by atoms with Crippen molar-refractivity contribution in [2.75, 3.05) is 0 Å². The molecule has 0 aliphatic rings. The van der Waals surface area contributed by atoms with Gasteiger partial charge >= 0.3 is 0 Å². The van der Waals surface area contributed by atoms with Crippen molar-refractivity contribution >= 4 is 11.6 Å². The van der Waals surface area contributed by atoms with Gasteiger partial charge in [0.25, 0.3) is 6.43 Å². The zero-order chi connectivity index (χ0) is 9.14. The van der Waals surface area contributed by atoms with Gasteiger partial charge in [-0.3, -0.25) is 0 Å². The van der Waals surface area contributed by atoms with E-state index >= 15 is 0 Å². The molecule has 0 saturated carbocycles. The molecular formula is C7H3ClF2N2. The number of hydrogen-bond donors (Lipinski definition) is 0. The molecule has 5 heteroatoms. The van der Waals surface area contributed by atoms with Crippen LogP contribution >= 0.6 is 11.6 Å². The highest BCUT2D eigenvalue weighted by Gasteiger charge is 2.17. The van der Waals surface area contributed by atoms with Crippen LogP contribution in [0.2, 0.25) is 5.02 Å². The van der Waals surface area contributed by atoms with Crippen molar-refractivity contribution in [3.05, 3.63) is 28.5 Å². The number of pyridine rings is 1. The summed E-state index contributed by atoms with van der Waals surface area (Å²) in [7, 11) is 0. The Kier molecular flexibility index (Phi) is 2.56. The molecule has 1 aromatic heterocycles. The highest BCUT2D eigenvalue weighted by atomic mass is 35.5. The average molecular weight is 189 g/mol. The summed E-state index contributed by atoms with van der Waals surface area (Å²) in [4.78, 5) is 3.45. The summed E-state index contributed by atoms with van der Waals surface area (Å²) >= 11 is 5.43. The van der Waals surface area contributed by atoms with Crippen LogP contribution in [0.5, 0.6) is 0 Å². The highest BCUT2D eigenvalue weighted by Crippen LogP contribution is 2.28. The minimum atomic E-state index is -2.76. The van der Waals surface area contributed by atoms with E-state index in [1.165, 1.54) is 12.3 Å². The minimum absolute atomic E-state index is 0.128. The lowest BCUT2D eigenvalue weighted by atomic mass is 10.2. The highest BCUT2D eigenvalue weighted by molar-refractivity contribution is 6.31. The van der Waals surface area contributed by atoms with Crippen molar-refractivity contribution in [2.45, 2.75) is 6.43 Å². The Morgan fingerprint density at radius 3 is 2.67 bits per heavy atom. The van der Waals surface area contributed by atoms with Gasteiger partial charge in [-0.1, -0.05) is 11.6 Å². The van der Waals surface area contributed by atoms with Crippen molar-refractivity contribution in [3.63, 3.8) is 0 Å². The summed E-state index contributed by atoms with van der Waals surface area (Å²) in [5.41, 5.74) is -0.820. The molecule has 0 aliphatic carbocycles. The molecule has 0 unspecified atom stereocenters. The lowest BCUT2D eigenvalue weighted by Gasteiger charge is -2.02. The van der Waals surface area contributed by atoms with E-state index in [2.05, 4.69) is 4.98 Å². The first-order chi connectivity index (χ1) is 5.66. The molecular weight excluding hydrogens is 186 g/mol. The lowest BCUT2D eigenvalue weighted by Crippen LogP contribution is -1.94.